The van der Waals surface area contributed by atoms with Gasteiger partial charge in [0, 0.05) is 45.2 Å². The standard InChI is InChI=1S/C44H69N5O8S/c1-12-27(3)38-42(54)49-21-13-14-34(49)43(55)57-36(44(6,7)8)23-26(2)22-35(50)28(4)39-45-31(25-58-39)17-20-37(51)46-33(24-30-15-18-32(56-11)19-16-30)41(53)47(9)29(5)40(52)48(38)10/h15-16,18-19,26-29,31,33-36,38,50H,12-14,17,20-25H2,1-11H3,(H,46,51)/t26-,27-,28-,29-,31-,33-,34+,35-,36-,38-/m0/s1. The van der Waals surface area contributed by atoms with Crippen molar-refractivity contribution in [2.75, 3.05) is 33.5 Å². The van der Waals surface area contributed by atoms with Gasteiger partial charge in [0.25, 0.3) is 0 Å². The Morgan fingerprint density at radius 2 is 1.66 bits per heavy atom. The maximum atomic E-state index is 14.6. The molecule has 14 heteroatoms. The number of ether oxygens (including phenoxy) is 2. The quantitative estimate of drug-likeness (QED) is 0.385. The van der Waals surface area contributed by atoms with Gasteiger partial charge in [-0.05, 0) is 74.0 Å². The molecule has 0 aliphatic carbocycles. The summed E-state index contributed by atoms with van der Waals surface area (Å²) in [5.74, 6) is -1.06. The highest BCUT2D eigenvalue weighted by molar-refractivity contribution is 8.14. The number of methoxy groups -OCH3 is 1. The number of aliphatic hydroxyl groups is 1. The fourth-order valence-electron chi connectivity index (χ4n) is 8.13. The van der Waals surface area contributed by atoms with E-state index in [0.717, 1.165) is 10.6 Å². The summed E-state index contributed by atoms with van der Waals surface area (Å²) in [4.78, 5) is 80.0. The van der Waals surface area contributed by atoms with E-state index in [2.05, 4.69) is 12.2 Å². The van der Waals surface area contributed by atoms with Crippen LogP contribution in [0.3, 0.4) is 0 Å². The van der Waals surface area contributed by atoms with E-state index in [4.69, 9.17) is 14.5 Å². The first kappa shape index (κ1) is 47.0. The lowest BCUT2D eigenvalue weighted by molar-refractivity contribution is -0.166. The molecular formula is C44H69N5O8S. The Morgan fingerprint density at radius 3 is 2.28 bits per heavy atom. The molecule has 0 unspecified atom stereocenters. The number of cyclic esters (lactones) is 1. The van der Waals surface area contributed by atoms with E-state index in [1.807, 2.05) is 53.7 Å². The summed E-state index contributed by atoms with van der Waals surface area (Å²) in [5.41, 5.74) is 0.396. The molecule has 2 N–H and O–H groups in total. The van der Waals surface area contributed by atoms with Crippen molar-refractivity contribution in [3.63, 3.8) is 0 Å². The van der Waals surface area contributed by atoms with Gasteiger partial charge in [0.2, 0.25) is 23.6 Å². The number of hydrogen-bond donors (Lipinski definition) is 2. The molecule has 3 heterocycles. The summed E-state index contributed by atoms with van der Waals surface area (Å²) < 4.78 is 11.6. The van der Waals surface area contributed by atoms with Crippen LogP contribution in [-0.4, -0.2) is 130 Å². The van der Waals surface area contributed by atoms with Gasteiger partial charge < -0.3 is 34.6 Å². The van der Waals surface area contributed by atoms with E-state index in [9.17, 15) is 29.1 Å². The van der Waals surface area contributed by atoms with Crippen LogP contribution in [-0.2, 0) is 35.1 Å². The van der Waals surface area contributed by atoms with E-state index in [-0.39, 0.29) is 48.5 Å². The number of amides is 4. The molecule has 0 aromatic heterocycles. The number of rotatable bonds is 5. The number of likely N-dealkylation sites (N-methyl/N-ethyl adjacent to an activating group) is 2. The van der Waals surface area contributed by atoms with Gasteiger partial charge in [0.15, 0.2) is 0 Å². The Kier molecular flexibility index (Phi) is 16.7. The van der Waals surface area contributed by atoms with E-state index in [1.54, 1.807) is 56.9 Å². The van der Waals surface area contributed by atoms with E-state index in [1.165, 1.54) is 9.80 Å². The molecule has 3 aliphatic heterocycles. The fourth-order valence-corrected chi connectivity index (χ4v) is 9.38. The highest BCUT2D eigenvalue weighted by Crippen LogP contribution is 2.34. The molecule has 1 saturated heterocycles. The van der Waals surface area contributed by atoms with Crippen LogP contribution in [0, 0.1) is 23.2 Å². The zero-order valence-electron chi connectivity index (χ0n) is 36.7. The van der Waals surface area contributed by atoms with Crippen molar-refractivity contribution in [2.45, 2.75) is 149 Å². The summed E-state index contributed by atoms with van der Waals surface area (Å²) in [5, 5.41) is 15.2. The first-order chi connectivity index (χ1) is 27.3. The molecule has 0 radical (unpaired) electrons. The molecule has 0 saturated carbocycles. The zero-order chi connectivity index (χ0) is 43.1. The molecule has 1 aromatic carbocycles. The number of nitrogens with one attached hydrogen (secondary N) is 1. The molecule has 10 atom stereocenters. The minimum Gasteiger partial charge on any atom is -0.497 e. The Balaban J connectivity index is 1.69. The van der Waals surface area contributed by atoms with Gasteiger partial charge in [0.1, 0.15) is 36.0 Å². The van der Waals surface area contributed by atoms with Crippen LogP contribution in [0.25, 0.3) is 0 Å². The molecular weight excluding hydrogens is 759 g/mol. The monoisotopic (exact) mass is 827 g/mol. The largest absolute Gasteiger partial charge is 0.497 e. The Bertz CT molecular complexity index is 1630. The maximum Gasteiger partial charge on any atom is 0.329 e. The van der Waals surface area contributed by atoms with E-state index < -0.39 is 59.6 Å². The highest BCUT2D eigenvalue weighted by Gasteiger charge is 2.44. The number of fused-ring (bicyclic) bond motifs is 2. The number of aliphatic hydroxyl groups excluding tert-OH is 1. The summed E-state index contributed by atoms with van der Waals surface area (Å²) in [6, 6.07) is 3.51. The second kappa shape index (κ2) is 20.5. The minimum atomic E-state index is -0.976. The molecule has 0 spiro atoms. The third kappa shape index (κ3) is 11.8. The number of aliphatic imine (C=N–C) groups is 1. The minimum absolute atomic E-state index is 0.0138. The average molecular weight is 828 g/mol. The SMILES string of the molecule is CC[C@H](C)[C@H]1C(=O)N2CCC[C@@H]2C(=O)O[C@H](C(C)(C)C)C[C@@H](C)C[C@H](O)[C@H](C)C2=N[C@@H](CCC(=O)N[C@@H](Cc3ccc(OC)cc3)C(=O)N(C)[C@@H](C)C(=O)N1C)CS2. The van der Waals surface area contributed by atoms with Crippen LogP contribution in [0.2, 0.25) is 0 Å². The summed E-state index contributed by atoms with van der Waals surface area (Å²) in [7, 11) is 4.70. The van der Waals surface area contributed by atoms with Crippen molar-refractivity contribution in [1.82, 2.24) is 20.0 Å². The van der Waals surface area contributed by atoms with Crippen LogP contribution in [0.4, 0.5) is 0 Å². The van der Waals surface area contributed by atoms with Crippen molar-refractivity contribution in [3.05, 3.63) is 29.8 Å². The number of carbonyl (C=O) groups excluding carboxylic acids is 5. The smallest absolute Gasteiger partial charge is 0.329 e. The summed E-state index contributed by atoms with van der Waals surface area (Å²) in [6.45, 7) is 16.0. The number of carbonyl (C=O) groups is 5. The van der Waals surface area contributed by atoms with Gasteiger partial charge in [-0.25, -0.2) is 4.79 Å². The number of benzene rings is 1. The predicted octanol–water partition coefficient (Wildman–Crippen LogP) is 5.11. The number of thioether (sulfide) groups is 1. The number of hydrogen-bond acceptors (Lipinski definition) is 10. The normalized spacial score (nSPS) is 31.2. The van der Waals surface area contributed by atoms with Crippen molar-refractivity contribution < 1.29 is 38.6 Å². The summed E-state index contributed by atoms with van der Waals surface area (Å²) in [6.07, 6.45) is 2.36. The van der Waals surface area contributed by atoms with Gasteiger partial charge in [-0.3, -0.25) is 24.2 Å². The molecule has 1 aromatic rings. The first-order valence-electron chi connectivity index (χ1n) is 21.1. The van der Waals surface area contributed by atoms with Crippen LogP contribution < -0.4 is 10.1 Å². The van der Waals surface area contributed by atoms with E-state index >= 15 is 0 Å². The molecule has 58 heavy (non-hydrogen) atoms. The molecule has 1 fully saturated rings. The van der Waals surface area contributed by atoms with Crippen LogP contribution in [0.5, 0.6) is 5.75 Å². The Labute approximate surface area is 350 Å². The lowest BCUT2D eigenvalue weighted by Gasteiger charge is -2.39. The van der Waals surface area contributed by atoms with Crippen LogP contribution in [0.1, 0.15) is 106 Å². The van der Waals surface area contributed by atoms with Gasteiger partial charge in [-0.1, -0.05) is 67.0 Å². The summed E-state index contributed by atoms with van der Waals surface area (Å²) >= 11 is 1.60. The van der Waals surface area contributed by atoms with Gasteiger partial charge >= 0.3 is 5.97 Å². The van der Waals surface area contributed by atoms with Gasteiger partial charge in [-0.15, -0.1) is 11.8 Å². The predicted molar refractivity (Wildman–Crippen MR) is 227 cm³/mol. The Morgan fingerprint density at radius 1 is 0.983 bits per heavy atom. The molecule has 4 amide bonds. The zero-order valence-corrected chi connectivity index (χ0v) is 37.5. The molecule has 13 nitrogen and oxygen atoms in total. The number of nitrogens with zero attached hydrogens (tertiary/aromatic N) is 4. The van der Waals surface area contributed by atoms with Crippen molar-refractivity contribution in [3.8, 4) is 5.75 Å². The molecule has 2 bridgehead atoms. The van der Waals surface area contributed by atoms with Crippen molar-refractivity contribution in [1.29, 1.82) is 0 Å². The first-order valence-corrected chi connectivity index (χ1v) is 22.1. The Hall–Kier alpha value is -3.65. The van der Waals surface area contributed by atoms with Crippen molar-refractivity contribution >= 4 is 46.4 Å². The third-order valence-corrected chi connectivity index (χ3v) is 13.7. The topological polar surface area (TPSA) is 158 Å². The third-order valence-electron chi connectivity index (χ3n) is 12.4. The second-order valence-corrected chi connectivity index (χ2v) is 19.0. The molecule has 324 valence electrons. The van der Waals surface area contributed by atoms with Crippen LogP contribution in [0.15, 0.2) is 29.3 Å². The van der Waals surface area contributed by atoms with Gasteiger partial charge in [-0.2, -0.15) is 0 Å². The lowest BCUT2D eigenvalue weighted by Crippen LogP contribution is -2.59. The molecule has 4 rings (SSSR count). The fraction of sp³-hybridized carbons (Fsp3) is 0.727. The lowest BCUT2D eigenvalue weighted by atomic mass is 9.81. The van der Waals surface area contributed by atoms with E-state index in [0.29, 0.717) is 56.6 Å². The maximum absolute atomic E-state index is 14.6. The molecule has 3 aliphatic rings. The average Bonchev–Trinajstić information content (AvgIpc) is 3.88. The number of esters is 1. The second-order valence-electron chi connectivity index (χ2n) is 18.0. The highest BCUT2D eigenvalue weighted by atomic mass is 32.2. The van der Waals surface area contributed by atoms with Crippen LogP contribution >= 0.6 is 11.8 Å². The van der Waals surface area contributed by atoms with Gasteiger partial charge in [0.05, 0.1) is 24.3 Å². The van der Waals surface area contributed by atoms with Crippen molar-refractivity contribution in [2.24, 2.45) is 28.2 Å².